The van der Waals surface area contributed by atoms with Gasteiger partial charge in [0.15, 0.2) is 0 Å². The lowest BCUT2D eigenvalue weighted by Crippen LogP contribution is -2.50. The van der Waals surface area contributed by atoms with Crippen molar-refractivity contribution in [1.29, 1.82) is 0 Å². The first kappa shape index (κ1) is 13.0. The number of nitrogens with one attached hydrogen (secondary N) is 1. The average molecular weight is 226 g/mol. The number of piperidine rings is 1. The van der Waals surface area contributed by atoms with E-state index in [1.165, 1.54) is 13.3 Å². The van der Waals surface area contributed by atoms with Crippen LogP contribution in [0.3, 0.4) is 0 Å². The summed E-state index contributed by atoms with van der Waals surface area (Å²) in [6.07, 6.45) is 1.18. The smallest absolute Gasteiger partial charge is 0.244 e. The fourth-order valence-electron chi connectivity index (χ4n) is 2.48. The largest absolute Gasteiger partial charge is 0.345 e. The molecule has 0 spiro atoms. The number of hydrogen-bond acceptors (Lipinski definition) is 2. The predicted molar refractivity (Wildman–Crippen MR) is 62.8 cm³/mol. The van der Waals surface area contributed by atoms with Crippen molar-refractivity contribution in [3.05, 3.63) is 0 Å². The summed E-state index contributed by atoms with van der Waals surface area (Å²) in [7, 11) is 0. The summed E-state index contributed by atoms with van der Waals surface area (Å²) in [6.45, 7) is 9.14. The number of carbonyl (C=O) groups excluding carboxylic acids is 2. The van der Waals surface area contributed by atoms with Gasteiger partial charge in [-0.25, -0.2) is 0 Å². The standard InChI is InChI=1S/C12H22N2O2/c1-8-5-9(2)7-14(6-8)12(16)10(3)13-11(4)15/h8-10H,5-7H2,1-4H3,(H,13,15)/t8-,9+,10-/m0/s1. The summed E-state index contributed by atoms with van der Waals surface area (Å²) in [5, 5.41) is 2.64. The van der Waals surface area contributed by atoms with E-state index in [9.17, 15) is 9.59 Å². The maximum absolute atomic E-state index is 12.0. The van der Waals surface area contributed by atoms with E-state index in [2.05, 4.69) is 19.2 Å². The quantitative estimate of drug-likeness (QED) is 0.764. The molecule has 1 rings (SSSR count). The Bertz CT molecular complexity index is 268. The van der Waals surface area contributed by atoms with Gasteiger partial charge in [0, 0.05) is 20.0 Å². The predicted octanol–water partition coefficient (Wildman–Crippen LogP) is 1.02. The van der Waals surface area contributed by atoms with Crippen LogP contribution in [0.15, 0.2) is 0 Å². The van der Waals surface area contributed by atoms with Crippen LogP contribution in [0.25, 0.3) is 0 Å². The Hall–Kier alpha value is -1.06. The number of carbonyl (C=O) groups is 2. The molecule has 0 bridgehead atoms. The molecule has 4 nitrogen and oxygen atoms in total. The molecule has 0 unspecified atom stereocenters. The van der Waals surface area contributed by atoms with Crippen LogP contribution in [0, 0.1) is 11.8 Å². The minimum absolute atomic E-state index is 0.0357. The average Bonchev–Trinajstić information content (AvgIpc) is 2.13. The van der Waals surface area contributed by atoms with Gasteiger partial charge in [-0.2, -0.15) is 0 Å². The molecule has 3 atom stereocenters. The summed E-state index contributed by atoms with van der Waals surface area (Å²) in [6, 6.07) is -0.407. The van der Waals surface area contributed by atoms with Gasteiger partial charge in [-0.05, 0) is 25.2 Å². The lowest BCUT2D eigenvalue weighted by atomic mass is 9.91. The van der Waals surface area contributed by atoms with Gasteiger partial charge in [-0.15, -0.1) is 0 Å². The van der Waals surface area contributed by atoms with Crippen molar-refractivity contribution in [2.45, 2.75) is 40.2 Å². The summed E-state index contributed by atoms with van der Waals surface area (Å²) in [5.41, 5.74) is 0. The first-order chi connectivity index (χ1) is 7.40. The maximum Gasteiger partial charge on any atom is 0.244 e. The van der Waals surface area contributed by atoms with Gasteiger partial charge in [0.05, 0.1) is 0 Å². The minimum Gasteiger partial charge on any atom is -0.345 e. The molecular formula is C12H22N2O2. The van der Waals surface area contributed by atoms with E-state index in [0.29, 0.717) is 11.8 Å². The number of nitrogens with zero attached hydrogens (tertiary/aromatic N) is 1. The first-order valence-corrected chi connectivity index (χ1v) is 5.96. The zero-order valence-electron chi connectivity index (χ0n) is 10.6. The van der Waals surface area contributed by atoms with E-state index in [1.54, 1.807) is 6.92 Å². The Morgan fingerprint density at radius 3 is 2.19 bits per heavy atom. The van der Waals surface area contributed by atoms with Crippen LogP contribution in [-0.2, 0) is 9.59 Å². The minimum atomic E-state index is -0.407. The van der Waals surface area contributed by atoms with E-state index in [4.69, 9.17) is 0 Å². The molecule has 1 saturated heterocycles. The summed E-state index contributed by atoms with van der Waals surface area (Å²) >= 11 is 0. The van der Waals surface area contributed by atoms with E-state index in [0.717, 1.165) is 13.1 Å². The van der Waals surface area contributed by atoms with E-state index in [-0.39, 0.29) is 11.8 Å². The van der Waals surface area contributed by atoms with Crippen LogP contribution in [-0.4, -0.2) is 35.8 Å². The van der Waals surface area contributed by atoms with Crippen LogP contribution in [0.5, 0.6) is 0 Å². The van der Waals surface area contributed by atoms with Crippen molar-refractivity contribution < 1.29 is 9.59 Å². The van der Waals surface area contributed by atoms with Crippen LogP contribution in [0.1, 0.15) is 34.1 Å². The number of amides is 2. The highest BCUT2D eigenvalue weighted by Gasteiger charge is 2.28. The molecule has 92 valence electrons. The molecule has 1 heterocycles. The second kappa shape index (κ2) is 5.32. The fourth-order valence-corrected chi connectivity index (χ4v) is 2.48. The van der Waals surface area contributed by atoms with Crippen LogP contribution in [0.4, 0.5) is 0 Å². The Labute approximate surface area is 97.4 Å². The van der Waals surface area contributed by atoms with Crippen LogP contribution in [0.2, 0.25) is 0 Å². The first-order valence-electron chi connectivity index (χ1n) is 5.96. The summed E-state index contributed by atoms with van der Waals surface area (Å²) in [4.78, 5) is 24.8. The van der Waals surface area contributed by atoms with Crippen LogP contribution < -0.4 is 5.32 Å². The Kier molecular flexibility index (Phi) is 4.33. The fraction of sp³-hybridized carbons (Fsp3) is 0.833. The third-order valence-electron chi connectivity index (χ3n) is 2.97. The van der Waals surface area contributed by atoms with Crippen molar-refractivity contribution in [1.82, 2.24) is 10.2 Å². The SMILES string of the molecule is CC(=O)N[C@@H](C)C(=O)N1C[C@H](C)C[C@H](C)C1. The number of hydrogen-bond donors (Lipinski definition) is 1. The van der Waals surface area contributed by atoms with Crippen molar-refractivity contribution in [2.75, 3.05) is 13.1 Å². The second-order valence-corrected chi connectivity index (χ2v) is 5.11. The molecule has 1 aliphatic heterocycles. The molecule has 0 radical (unpaired) electrons. The van der Waals surface area contributed by atoms with Gasteiger partial charge >= 0.3 is 0 Å². The van der Waals surface area contributed by atoms with Crippen molar-refractivity contribution in [3.8, 4) is 0 Å². The molecule has 4 heteroatoms. The Balaban J connectivity index is 2.55. The molecule has 0 aromatic heterocycles. The third-order valence-corrected chi connectivity index (χ3v) is 2.97. The highest BCUT2D eigenvalue weighted by molar-refractivity contribution is 5.86. The van der Waals surface area contributed by atoms with Crippen molar-refractivity contribution in [2.24, 2.45) is 11.8 Å². The van der Waals surface area contributed by atoms with Crippen molar-refractivity contribution >= 4 is 11.8 Å². The van der Waals surface area contributed by atoms with E-state index >= 15 is 0 Å². The van der Waals surface area contributed by atoms with Gasteiger partial charge in [0.2, 0.25) is 11.8 Å². The highest BCUT2D eigenvalue weighted by atomic mass is 16.2. The second-order valence-electron chi connectivity index (χ2n) is 5.11. The summed E-state index contributed by atoms with van der Waals surface area (Å²) < 4.78 is 0. The molecule has 0 aromatic carbocycles. The molecular weight excluding hydrogens is 204 g/mol. The zero-order valence-corrected chi connectivity index (χ0v) is 10.6. The van der Waals surface area contributed by atoms with Gasteiger partial charge in [0.1, 0.15) is 6.04 Å². The lowest BCUT2D eigenvalue weighted by Gasteiger charge is -2.36. The molecule has 16 heavy (non-hydrogen) atoms. The van der Waals surface area contributed by atoms with Crippen molar-refractivity contribution in [3.63, 3.8) is 0 Å². The maximum atomic E-state index is 12.0. The van der Waals surface area contributed by atoms with Gasteiger partial charge in [-0.3, -0.25) is 9.59 Å². The Morgan fingerprint density at radius 1 is 1.25 bits per heavy atom. The lowest BCUT2D eigenvalue weighted by molar-refractivity contribution is -0.137. The molecule has 2 amide bonds. The molecule has 0 aromatic rings. The Morgan fingerprint density at radius 2 is 1.75 bits per heavy atom. The highest BCUT2D eigenvalue weighted by Crippen LogP contribution is 2.21. The van der Waals surface area contributed by atoms with Crippen LogP contribution >= 0.6 is 0 Å². The normalized spacial score (nSPS) is 27.4. The molecule has 0 saturated carbocycles. The topological polar surface area (TPSA) is 49.4 Å². The van der Waals surface area contributed by atoms with E-state index in [1.807, 2.05) is 4.90 Å². The molecule has 1 N–H and O–H groups in total. The van der Waals surface area contributed by atoms with E-state index < -0.39 is 6.04 Å². The molecule has 1 fully saturated rings. The summed E-state index contributed by atoms with van der Waals surface area (Å²) in [5.74, 6) is 0.988. The zero-order chi connectivity index (χ0) is 12.3. The molecule has 0 aliphatic carbocycles. The van der Waals surface area contributed by atoms with Gasteiger partial charge in [-0.1, -0.05) is 13.8 Å². The monoisotopic (exact) mass is 226 g/mol. The number of likely N-dealkylation sites (tertiary alicyclic amines) is 1. The number of rotatable bonds is 2. The molecule has 1 aliphatic rings. The van der Waals surface area contributed by atoms with Gasteiger partial charge in [0.25, 0.3) is 0 Å². The third kappa shape index (κ3) is 3.51. The van der Waals surface area contributed by atoms with Gasteiger partial charge < -0.3 is 10.2 Å².